The largest absolute Gasteiger partial charge is 0.351 e. The number of hydrogen-bond acceptors (Lipinski definition) is 5. The number of hydrazone groups is 1. The zero-order chi connectivity index (χ0) is 12.6. The smallest absolute Gasteiger partial charge is 0.280 e. The van der Waals surface area contributed by atoms with E-state index in [4.69, 9.17) is 16.4 Å². The number of amidine groups is 1. The van der Waals surface area contributed by atoms with Crippen LogP contribution in [-0.4, -0.2) is 27.7 Å². The van der Waals surface area contributed by atoms with Crippen molar-refractivity contribution in [3.05, 3.63) is 48.0 Å². The number of halogens is 1. The Balaban J connectivity index is 1.95. The van der Waals surface area contributed by atoms with E-state index in [2.05, 4.69) is 10.3 Å². The highest BCUT2D eigenvalue weighted by Crippen LogP contribution is 2.29. The van der Waals surface area contributed by atoms with Crippen molar-refractivity contribution in [1.29, 1.82) is 0 Å². The first-order valence-electron chi connectivity index (χ1n) is 5.41. The van der Waals surface area contributed by atoms with Gasteiger partial charge in [0.2, 0.25) is 0 Å². The predicted octanol–water partition coefficient (Wildman–Crippen LogP) is 1.60. The third-order valence-corrected chi connectivity index (χ3v) is 2.93. The molecule has 2 heterocycles. The van der Waals surface area contributed by atoms with Crippen LogP contribution in [0.1, 0.15) is 5.56 Å². The monoisotopic (exact) mass is 263 g/mol. The first-order chi connectivity index (χ1) is 8.67. The normalized spacial score (nSPS) is 26.0. The van der Waals surface area contributed by atoms with E-state index in [1.54, 1.807) is 24.3 Å². The number of rotatable bonds is 1. The van der Waals surface area contributed by atoms with Gasteiger partial charge in [-0.05, 0) is 12.2 Å². The molecule has 5 nitrogen and oxygen atoms in total. The van der Waals surface area contributed by atoms with Gasteiger partial charge in [-0.15, -0.1) is 0 Å². The van der Waals surface area contributed by atoms with Gasteiger partial charge in [0, 0.05) is 5.56 Å². The SMILES string of the molecule is OC1(c2ccccc2)CN2N=C(Cl)C=CC2=NO1. The molecule has 2 aliphatic heterocycles. The molecule has 2 aliphatic rings. The van der Waals surface area contributed by atoms with Crippen LogP contribution in [0.4, 0.5) is 0 Å². The molecule has 6 heteroatoms. The molecule has 1 atom stereocenters. The third-order valence-electron chi connectivity index (χ3n) is 2.73. The van der Waals surface area contributed by atoms with Crippen LogP contribution < -0.4 is 0 Å². The molecule has 0 saturated carbocycles. The Morgan fingerprint density at radius 1 is 1.28 bits per heavy atom. The number of benzene rings is 1. The zero-order valence-electron chi connectivity index (χ0n) is 9.32. The molecular formula is C12H10ClN3O2. The summed E-state index contributed by atoms with van der Waals surface area (Å²) in [7, 11) is 0. The highest BCUT2D eigenvalue weighted by Gasteiger charge is 2.39. The van der Waals surface area contributed by atoms with Gasteiger partial charge in [0.25, 0.3) is 5.79 Å². The molecule has 0 fully saturated rings. The highest BCUT2D eigenvalue weighted by molar-refractivity contribution is 6.68. The Kier molecular flexibility index (Phi) is 2.57. The van der Waals surface area contributed by atoms with Gasteiger partial charge >= 0.3 is 0 Å². The maximum atomic E-state index is 10.5. The summed E-state index contributed by atoms with van der Waals surface area (Å²) in [5.41, 5.74) is 0.619. The lowest BCUT2D eigenvalue weighted by molar-refractivity contribution is -0.228. The maximum Gasteiger partial charge on any atom is 0.280 e. The maximum absolute atomic E-state index is 10.5. The first kappa shape index (κ1) is 11.3. The molecule has 3 rings (SSSR count). The minimum atomic E-state index is -1.52. The minimum Gasteiger partial charge on any atom is -0.351 e. The predicted molar refractivity (Wildman–Crippen MR) is 68.0 cm³/mol. The Hall–Kier alpha value is -1.85. The summed E-state index contributed by atoms with van der Waals surface area (Å²) in [6.45, 7) is 0.135. The van der Waals surface area contributed by atoms with E-state index in [1.807, 2.05) is 18.2 Å². The van der Waals surface area contributed by atoms with Crippen molar-refractivity contribution in [3.8, 4) is 0 Å². The molecule has 1 unspecified atom stereocenters. The molecule has 1 N–H and O–H groups in total. The van der Waals surface area contributed by atoms with Crippen molar-refractivity contribution >= 4 is 22.6 Å². The zero-order valence-corrected chi connectivity index (χ0v) is 10.1. The fraction of sp³-hybridized carbons (Fsp3) is 0.167. The summed E-state index contributed by atoms with van der Waals surface area (Å²) in [5.74, 6) is -1.00. The molecular weight excluding hydrogens is 254 g/mol. The number of hydrogen-bond donors (Lipinski definition) is 1. The number of fused-ring (bicyclic) bond motifs is 1. The van der Waals surface area contributed by atoms with Gasteiger partial charge in [0.1, 0.15) is 11.7 Å². The van der Waals surface area contributed by atoms with Crippen LogP contribution >= 0.6 is 11.6 Å². The molecule has 1 aromatic rings. The van der Waals surface area contributed by atoms with Gasteiger partial charge in [0.05, 0.1) is 0 Å². The lowest BCUT2D eigenvalue weighted by Gasteiger charge is -2.35. The lowest BCUT2D eigenvalue weighted by Crippen LogP contribution is -2.47. The van der Waals surface area contributed by atoms with Gasteiger partial charge in [0.15, 0.2) is 5.84 Å². The van der Waals surface area contributed by atoms with Crippen LogP contribution in [-0.2, 0) is 10.6 Å². The van der Waals surface area contributed by atoms with Crippen molar-refractivity contribution in [1.82, 2.24) is 5.01 Å². The number of nitrogens with zero attached hydrogens (tertiary/aromatic N) is 3. The summed E-state index contributed by atoms with van der Waals surface area (Å²) >= 11 is 5.82. The molecule has 0 saturated heterocycles. The summed E-state index contributed by atoms with van der Waals surface area (Å²) < 4.78 is 0. The topological polar surface area (TPSA) is 57.4 Å². The molecule has 0 radical (unpaired) electrons. The van der Waals surface area contributed by atoms with Crippen LogP contribution in [0.3, 0.4) is 0 Å². The second-order valence-corrected chi connectivity index (χ2v) is 4.39. The standard InChI is InChI=1S/C12H10ClN3O2/c13-10-6-7-11-15-18-12(17,8-16(11)14-10)9-4-2-1-3-5-9/h1-7,17H,8H2. The van der Waals surface area contributed by atoms with Gasteiger partial charge < -0.3 is 9.94 Å². The number of oxime groups is 1. The molecule has 0 spiro atoms. The summed E-state index contributed by atoms with van der Waals surface area (Å²) in [5, 5.41) is 20.3. The molecule has 0 aliphatic carbocycles. The minimum absolute atomic E-state index is 0.135. The Morgan fingerprint density at radius 3 is 2.83 bits per heavy atom. The van der Waals surface area contributed by atoms with Gasteiger partial charge in [-0.3, -0.25) is 0 Å². The van der Waals surface area contributed by atoms with Gasteiger partial charge in [-0.2, -0.15) is 5.10 Å². The summed E-state index contributed by atoms with van der Waals surface area (Å²) in [6.07, 6.45) is 3.30. The summed E-state index contributed by atoms with van der Waals surface area (Å²) in [4.78, 5) is 5.19. The average Bonchev–Trinajstić information content (AvgIpc) is 2.39. The third kappa shape index (κ3) is 1.87. The van der Waals surface area contributed by atoms with E-state index in [-0.39, 0.29) is 6.54 Å². The van der Waals surface area contributed by atoms with E-state index in [0.717, 1.165) is 0 Å². The van der Waals surface area contributed by atoms with Crippen molar-refractivity contribution in [2.45, 2.75) is 5.79 Å². The number of aliphatic hydroxyl groups is 1. The van der Waals surface area contributed by atoms with E-state index in [9.17, 15) is 5.11 Å². The van der Waals surface area contributed by atoms with Crippen LogP contribution in [0.2, 0.25) is 0 Å². The fourth-order valence-electron chi connectivity index (χ4n) is 1.82. The van der Waals surface area contributed by atoms with Crippen molar-refractivity contribution in [2.75, 3.05) is 6.54 Å². The molecule has 18 heavy (non-hydrogen) atoms. The second kappa shape index (κ2) is 4.12. The quantitative estimate of drug-likeness (QED) is 0.837. The van der Waals surface area contributed by atoms with E-state index >= 15 is 0 Å². The summed E-state index contributed by atoms with van der Waals surface area (Å²) in [6, 6.07) is 9.05. The van der Waals surface area contributed by atoms with Crippen LogP contribution in [0, 0.1) is 0 Å². The average molecular weight is 264 g/mol. The van der Waals surface area contributed by atoms with E-state index < -0.39 is 5.79 Å². The van der Waals surface area contributed by atoms with Crippen LogP contribution in [0.15, 0.2) is 52.7 Å². The van der Waals surface area contributed by atoms with Gasteiger partial charge in [-0.1, -0.05) is 47.1 Å². The van der Waals surface area contributed by atoms with Crippen molar-refractivity contribution in [2.24, 2.45) is 10.3 Å². The number of allylic oxidation sites excluding steroid dienone is 1. The van der Waals surface area contributed by atoms with Crippen molar-refractivity contribution in [3.63, 3.8) is 0 Å². The van der Waals surface area contributed by atoms with Crippen LogP contribution in [0.25, 0.3) is 0 Å². The Bertz CT molecular complexity index is 556. The Labute approximate surface area is 109 Å². The molecule has 0 bridgehead atoms. The molecule has 92 valence electrons. The van der Waals surface area contributed by atoms with Gasteiger partial charge in [-0.25, -0.2) is 5.01 Å². The van der Waals surface area contributed by atoms with E-state index in [1.165, 1.54) is 5.01 Å². The lowest BCUT2D eigenvalue weighted by atomic mass is 10.1. The molecule has 0 aromatic heterocycles. The highest BCUT2D eigenvalue weighted by atomic mass is 35.5. The van der Waals surface area contributed by atoms with Crippen LogP contribution in [0.5, 0.6) is 0 Å². The second-order valence-electron chi connectivity index (χ2n) is 4.00. The van der Waals surface area contributed by atoms with E-state index in [0.29, 0.717) is 16.6 Å². The molecule has 0 amide bonds. The van der Waals surface area contributed by atoms with Crippen molar-refractivity contribution < 1.29 is 9.94 Å². The first-order valence-corrected chi connectivity index (χ1v) is 5.79. The fourth-order valence-corrected chi connectivity index (χ4v) is 1.97. The Morgan fingerprint density at radius 2 is 2.06 bits per heavy atom. The molecule has 1 aromatic carbocycles.